The molecule has 0 aliphatic heterocycles. The van der Waals surface area contributed by atoms with E-state index in [1.165, 1.54) is 22.6 Å². The first-order valence-corrected chi connectivity index (χ1v) is 7.41. The summed E-state index contributed by atoms with van der Waals surface area (Å²) in [5, 5.41) is 0. The Morgan fingerprint density at radius 3 is 1.79 bits per heavy atom. The molecule has 0 fully saturated rings. The molecule has 0 aliphatic rings. The lowest BCUT2D eigenvalue weighted by atomic mass is 10.0. The highest BCUT2D eigenvalue weighted by atomic mass is 127. The summed E-state index contributed by atoms with van der Waals surface area (Å²) in [6, 6.07) is 8.19. The molecule has 0 amide bonds. The minimum atomic E-state index is -6.86. The zero-order chi connectivity index (χ0) is 18.8. The van der Waals surface area contributed by atoms with Gasteiger partial charge in [-0.05, 0) is 44.6 Å². The molecule has 0 aromatic heterocycles. The average Bonchev–Trinajstić information content (AvgIpc) is 2.44. The molecule has 1 aromatic rings. The van der Waals surface area contributed by atoms with E-state index >= 15 is 0 Å². The number of hydrogen-bond donors (Lipinski definition) is 0. The highest BCUT2D eigenvalue weighted by molar-refractivity contribution is 14.1. The van der Waals surface area contributed by atoms with Gasteiger partial charge in [0.2, 0.25) is 0 Å². The Morgan fingerprint density at radius 2 is 1.33 bits per heavy atom. The number of benzene rings is 1. The number of aryl methyl sites for hydroxylation is 1. The molecule has 0 spiro atoms. The minimum absolute atomic E-state index is 0.132. The van der Waals surface area contributed by atoms with Crippen molar-refractivity contribution >= 4 is 22.6 Å². The van der Waals surface area contributed by atoms with Crippen LogP contribution in [-0.4, -0.2) is 23.9 Å². The number of rotatable bonds is 6. The van der Waals surface area contributed by atoms with E-state index in [1.54, 1.807) is 30.3 Å². The van der Waals surface area contributed by atoms with Gasteiger partial charge in [-0.15, -0.1) is 0 Å². The molecule has 0 atom stereocenters. The smallest absolute Gasteiger partial charge is 0.195 e. The normalized spacial score (nSPS) is 14.8. The first-order chi connectivity index (χ1) is 10.7. The fourth-order valence-corrected chi connectivity index (χ4v) is 2.32. The number of alkyl halides is 9. The van der Waals surface area contributed by atoms with Gasteiger partial charge < -0.3 is 0 Å². The molecule has 1 rings (SSSR count). The van der Waals surface area contributed by atoms with Crippen LogP contribution in [0.4, 0.5) is 39.5 Å². The van der Waals surface area contributed by atoms with E-state index in [2.05, 4.69) is 0 Å². The Morgan fingerprint density at radius 1 is 0.833 bits per heavy atom. The maximum absolute atomic E-state index is 13.4. The van der Waals surface area contributed by atoms with Crippen LogP contribution in [0, 0.1) is 0 Å². The van der Waals surface area contributed by atoms with Crippen LogP contribution in [0.5, 0.6) is 0 Å². The summed E-state index contributed by atoms with van der Waals surface area (Å²) in [4.78, 5) is 0. The van der Waals surface area contributed by atoms with Gasteiger partial charge in [-0.25, -0.2) is 0 Å². The molecule has 24 heavy (non-hydrogen) atoms. The van der Waals surface area contributed by atoms with Gasteiger partial charge in [0.05, 0.1) is 0 Å². The maximum atomic E-state index is 13.4. The summed E-state index contributed by atoms with van der Waals surface area (Å²) in [6.45, 7) is 0. The highest BCUT2D eigenvalue weighted by Gasteiger charge is 2.81. The van der Waals surface area contributed by atoms with E-state index in [0.717, 1.165) is 0 Å². The molecule has 1 aromatic carbocycles. The topological polar surface area (TPSA) is 0 Å². The third-order valence-corrected chi connectivity index (χ3v) is 3.85. The fourth-order valence-electron chi connectivity index (χ4n) is 1.66. The van der Waals surface area contributed by atoms with Gasteiger partial charge in [-0.1, -0.05) is 30.3 Å². The van der Waals surface area contributed by atoms with Crippen LogP contribution >= 0.6 is 22.6 Å². The van der Waals surface area contributed by atoms with Gasteiger partial charge in [0.1, 0.15) is 0 Å². The van der Waals surface area contributed by atoms with Gasteiger partial charge in [0.15, 0.2) is 0 Å². The molecule has 0 heterocycles. The van der Waals surface area contributed by atoms with Crippen molar-refractivity contribution in [3.05, 3.63) is 45.6 Å². The molecule has 0 saturated carbocycles. The van der Waals surface area contributed by atoms with Crippen LogP contribution in [0.2, 0.25) is 0 Å². The van der Waals surface area contributed by atoms with Crippen LogP contribution < -0.4 is 0 Å². The van der Waals surface area contributed by atoms with E-state index in [0.29, 0.717) is 5.56 Å². The highest BCUT2D eigenvalue weighted by Crippen LogP contribution is 2.53. The Bertz CT molecular complexity index is 576. The number of halogens is 10. The van der Waals surface area contributed by atoms with Gasteiger partial charge in [0, 0.05) is 6.08 Å². The summed E-state index contributed by atoms with van der Waals surface area (Å²) < 4.78 is 114. The molecule has 0 unspecified atom stereocenters. The van der Waals surface area contributed by atoms with Crippen molar-refractivity contribution in [2.45, 2.75) is 36.8 Å². The number of hydrogen-bond acceptors (Lipinski definition) is 0. The molecule has 10 heteroatoms. The molecule has 0 aliphatic carbocycles. The van der Waals surface area contributed by atoms with Crippen molar-refractivity contribution in [2.75, 3.05) is 0 Å². The van der Waals surface area contributed by atoms with Crippen molar-refractivity contribution in [1.29, 1.82) is 0 Å². The summed E-state index contributed by atoms with van der Waals surface area (Å²) in [7, 11) is 0. The Kier molecular flexibility index (Phi) is 6.26. The average molecular weight is 476 g/mol. The van der Waals surface area contributed by atoms with Crippen LogP contribution in [0.3, 0.4) is 0 Å². The minimum Gasteiger partial charge on any atom is -0.195 e. The first kappa shape index (κ1) is 21.1. The summed E-state index contributed by atoms with van der Waals surface area (Å²) in [5.41, 5.74) is 0.663. The first-order valence-electron chi connectivity index (χ1n) is 6.33. The lowest BCUT2D eigenvalue weighted by Gasteiger charge is -2.32. The van der Waals surface area contributed by atoms with Crippen LogP contribution in [0.1, 0.15) is 12.0 Å². The lowest BCUT2D eigenvalue weighted by molar-refractivity contribution is -0.388. The van der Waals surface area contributed by atoms with Gasteiger partial charge >= 0.3 is 23.9 Å². The molecule has 136 valence electrons. The van der Waals surface area contributed by atoms with E-state index in [9.17, 15) is 39.5 Å². The number of allylic oxidation sites excluding steroid dienone is 2. The Hall–Kier alpha value is -0.940. The summed E-state index contributed by atoms with van der Waals surface area (Å²) in [6.07, 6.45) is -7.43. The van der Waals surface area contributed by atoms with Gasteiger partial charge in [0.25, 0.3) is 0 Å². The third kappa shape index (κ3) is 4.37. The van der Waals surface area contributed by atoms with Gasteiger partial charge in [-0.3, -0.25) is 0 Å². The lowest BCUT2D eigenvalue weighted by Crippen LogP contribution is -2.60. The Balaban J connectivity index is 2.97. The SMILES string of the molecule is FC(F)(F)C(F)(F)C(F)(F)C(F)(F)/C=C(/I)CCc1ccccc1. The summed E-state index contributed by atoms with van der Waals surface area (Å²) in [5.74, 6) is -19.1. The molecule has 0 nitrogen and oxygen atoms in total. The second-order valence-corrected chi connectivity index (χ2v) is 6.23. The van der Waals surface area contributed by atoms with Gasteiger partial charge in [-0.2, -0.15) is 39.5 Å². The standard InChI is InChI=1S/C14H10F9I/c15-11(16,12(17,18)13(19,20)14(21,22)23)8-10(24)7-6-9-4-2-1-3-5-9/h1-5,8H,6-7H2/b10-8+. The monoisotopic (exact) mass is 476 g/mol. The molecule has 0 saturated heterocycles. The fraction of sp³-hybridized carbons (Fsp3) is 0.429. The van der Waals surface area contributed by atoms with Crippen molar-refractivity contribution in [2.24, 2.45) is 0 Å². The second-order valence-electron chi connectivity index (χ2n) is 4.85. The van der Waals surface area contributed by atoms with E-state index < -0.39 is 33.6 Å². The van der Waals surface area contributed by atoms with E-state index in [1.807, 2.05) is 0 Å². The van der Waals surface area contributed by atoms with E-state index in [4.69, 9.17) is 0 Å². The van der Waals surface area contributed by atoms with Crippen molar-refractivity contribution in [3.8, 4) is 0 Å². The molecular weight excluding hydrogens is 466 g/mol. The second kappa shape index (κ2) is 7.12. The van der Waals surface area contributed by atoms with E-state index in [-0.39, 0.29) is 12.8 Å². The Labute approximate surface area is 144 Å². The zero-order valence-electron chi connectivity index (χ0n) is 11.7. The predicted molar refractivity (Wildman–Crippen MR) is 77.8 cm³/mol. The van der Waals surface area contributed by atoms with Crippen molar-refractivity contribution in [3.63, 3.8) is 0 Å². The molecule has 0 radical (unpaired) electrons. The van der Waals surface area contributed by atoms with Crippen LogP contribution in [0.15, 0.2) is 40.0 Å². The maximum Gasteiger partial charge on any atom is 0.460 e. The van der Waals surface area contributed by atoms with Crippen molar-refractivity contribution in [1.82, 2.24) is 0 Å². The molecule has 0 bridgehead atoms. The molecular formula is C14H10F9I. The van der Waals surface area contributed by atoms with Crippen LogP contribution in [0.25, 0.3) is 0 Å². The predicted octanol–water partition coefficient (Wildman–Crippen LogP) is 6.41. The zero-order valence-corrected chi connectivity index (χ0v) is 13.8. The summed E-state index contributed by atoms with van der Waals surface area (Å²) >= 11 is 1.20. The van der Waals surface area contributed by atoms with Crippen LogP contribution in [-0.2, 0) is 6.42 Å². The quantitative estimate of drug-likeness (QED) is 0.329. The van der Waals surface area contributed by atoms with Crippen molar-refractivity contribution < 1.29 is 39.5 Å². The third-order valence-electron chi connectivity index (χ3n) is 3.00. The molecule has 0 N–H and O–H groups in total. The largest absolute Gasteiger partial charge is 0.460 e.